The first-order chi connectivity index (χ1) is 23.6. The van der Waals surface area contributed by atoms with E-state index in [0.29, 0.717) is 0 Å². The summed E-state index contributed by atoms with van der Waals surface area (Å²) in [5.74, 6) is 2.18. The van der Waals surface area contributed by atoms with Gasteiger partial charge in [-0.2, -0.15) is 0 Å². The molecule has 2 aliphatic heterocycles. The third-order valence-electron chi connectivity index (χ3n) is 9.06. The lowest BCUT2D eigenvalue weighted by molar-refractivity contribution is 0.850. The SMILES string of the molecule is Cc1nc2ccccc2nc1C=Cc1cccc(N2CCCC2)n1.Cc1nc2ccccc2nc1CCc1cccc(N2CCCC2)n1. The molecule has 6 aromatic rings. The Balaban J connectivity index is 0.000000152. The molecular formula is C40H42N8. The number of rotatable bonds is 7. The molecule has 0 amide bonds. The third-order valence-corrected chi connectivity index (χ3v) is 9.06. The molecule has 0 spiro atoms. The minimum absolute atomic E-state index is 0.875. The summed E-state index contributed by atoms with van der Waals surface area (Å²) in [5, 5.41) is 0. The predicted octanol–water partition coefficient (Wildman–Crippen LogP) is 7.82. The van der Waals surface area contributed by atoms with Crippen molar-refractivity contribution in [3.05, 3.63) is 119 Å². The molecule has 0 bridgehead atoms. The average molecular weight is 635 g/mol. The van der Waals surface area contributed by atoms with E-state index < -0.39 is 0 Å². The lowest BCUT2D eigenvalue weighted by atomic mass is 10.1. The van der Waals surface area contributed by atoms with Gasteiger partial charge in [-0.05, 0) is 113 Å². The Morgan fingerprint density at radius 3 is 1.69 bits per heavy atom. The van der Waals surface area contributed by atoms with Gasteiger partial charge < -0.3 is 9.80 Å². The zero-order valence-electron chi connectivity index (χ0n) is 27.9. The van der Waals surface area contributed by atoms with E-state index in [0.717, 1.165) is 107 Å². The van der Waals surface area contributed by atoms with Crippen molar-refractivity contribution < 1.29 is 0 Å². The predicted molar refractivity (Wildman–Crippen MR) is 196 cm³/mol. The second-order valence-corrected chi connectivity index (χ2v) is 12.6. The molecular weight excluding hydrogens is 592 g/mol. The Morgan fingerprint density at radius 2 is 1.04 bits per heavy atom. The van der Waals surface area contributed by atoms with Crippen LogP contribution in [0.25, 0.3) is 34.2 Å². The van der Waals surface area contributed by atoms with Crippen molar-refractivity contribution in [2.45, 2.75) is 52.4 Å². The van der Waals surface area contributed by atoms with Gasteiger partial charge in [0.15, 0.2) is 0 Å². The molecule has 2 fully saturated rings. The van der Waals surface area contributed by atoms with Gasteiger partial charge in [0.1, 0.15) is 11.6 Å². The molecule has 0 atom stereocenters. The van der Waals surface area contributed by atoms with Crippen molar-refractivity contribution >= 4 is 45.9 Å². The smallest absolute Gasteiger partial charge is 0.129 e. The van der Waals surface area contributed by atoms with Gasteiger partial charge in [0.2, 0.25) is 0 Å². The molecule has 0 saturated carbocycles. The fraction of sp³-hybridized carbons (Fsp3) is 0.300. The van der Waals surface area contributed by atoms with Crippen LogP contribution in [0.5, 0.6) is 0 Å². The maximum Gasteiger partial charge on any atom is 0.129 e. The number of nitrogens with zero attached hydrogens (tertiary/aromatic N) is 8. The summed E-state index contributed by atoms with van der Waals surface area (Å²) in [5.41, 5.74) is 9.78. The molecule has 48 heavy (non-hydrogen) atoms. The Kier molecular flexibility index (Phi) is 9.59. The summed E-state index contributed by atoms with van der Waals surface area (Å²) >= 11 is 0. The Bertz CT molecular complexity index is 2040. The fourth-order valence-electron chi connectivity index (χ4n) is 6.42. The van der Waals surface area contributed by atoms with Gasteiger partial charge in [0, 0.05) is 31.9 Å². The first kappa shape index (κ1) is 31.4. The van der Waals surface area contributed by atoms with Gasteiger partial charge in [-0.15, -0.1) is 0 Å². The van der Waals surface area contributed by atoms with Crippen LogP contribution in [-0.4, -0.2) is 56.1 Å². The fourth-order valence-corrected chi connectivity index (χ4v) is 6.42. The molecule has 6 heterocycles. The molecule has 2 aliphatic rings. The van der Waals surface area contributed by atoms with Crippen LogP contribution < -0.4 is 9.80 Å². The molecule has 4 aromatic heterocycles. The van der Waals surface area contributed by atoms with E-state index in [2.05, 4.69) is 50.1 Å². The molecule has 8 rings (SSSR count). The van der Waals surface area contributed by atoms with E-state index in [9.17, 15) is 0 Å². The number of hydrogen-bond donors (Lipinski definition) is 0. The van der Waals surface area contributed by atoms with E-state index in [4.69, 9.17) is 19.9 Å². The number of fused-ring (bicyclic) bond motifs is 2. The van der Waals surface area contributed by atoms with E-state index in [1.807, 2.05) is 80.6 Å². The van der Waals surface area contributed by atoms with Crippen LogP contribution in [0.4, 0.5) is 11.6 Å². The first-order valence-corrected chi connectivity index (χ1v) is 17.2. The van der Waals surface area contributed by atoms with Gasteiger partial charge in [0.25, 0.3) is 0 Å². The lowest BCUT2D eigenvalue weighted by Crippen LogP contribution is -2.19. The van der Waals surface area contributed by atoms with Gasteiger partial charge in [0.05, 0.1) is 50.5 Å². The van der Waals surface area contributed by atoms with Crippen molar-refractivity contribution in [2.24, 2.45) is 0 Å². The summed E-state index contributed by atoms with van der Waals surface area (Å²) < 4.78 is 0. The third kappa shape index (κ3) is 7.49. The van der Waals surface area contributed by atoms with E-state index in [-0.39, 0.29) is 0 Å². The van der Waals surface area contributed by atoms with Crippen LogP contribution in [0, 0.1) is 13.8 Å². The molecule has 0 radical (unpaired) electrons. The molecule has 0 N–H and O–H groups in total. The zero-order chi connectivity index (χ0) is 32.7. The van der Waals surface area contributed by atoms with Crippen LogP contribution >= 0.6 is 0 Å². The number of anilines is 2. The monoisotopic (exact) mass is 634 g/mol. The number of aryl methyl sites for hydroxylation is 4. The highest BCUT2D eigenvalue weighted by atomic mass is 15.2. The molecule has 242 valence electrons. The van der Waals surface area contributed by atoms with Crippen molar-refractivity contribution in [1.82, 2.24) is 29.9 Å². The minimum Gasteiger partial charge on any atom is -0.357 e. The molecule has 2 aromatic carbocycles. The standard InChI is InChI=1S/C20H22N4.C20H20N4/c2*1-15-17(23-19-9-3-2-8-18(19)21-15)12-11-16-7-6-10-20(22-16)24-13-4-5-14-24/h2-3,6-10H,4-5,11-14H2,1H3;2-3,6-12H,4-5,13-14H2,1H3. The van der Waals surface area contributed by atoms with Crippen LogP contribution in [0.3, 0.4) is 0 Å². The number of pyridine rings is 2. The summed E-state index contributed by atoms with van der Waals surface area (Å²) in [7, 11) is 0. The highest BCUT2D eigenvalue weighted by molar-refractivity contribution is 5.77. The van der Waals surface area contributed by atoms with Gasteiger partial charge in [-0.3, -0.25) is 0 Å². The highest BCUT2D eigenvalue weighted by Gasteiger charge is 2.15. The van der Waals surface area contributed by atoms with E-state index in [1.165, 1.54) is 25.7 Å². The molecule has 8 nitrogen and oxygen atoms in total. The Labute approximate surface area is 282 Å². The van der Waals surface area contributed by atoms with E-state index >= 15 is 0 Å². The van der Waals surface area contributed by atoms with Crippen molar-refractivity contribution in [2.75, 3.05) is 36.0 Å². The lowest BCUT2D eigenvalue weighted by Gasteiger charge is -2.17. The van der Waals surface area contributed by atoms with Crippen molar-refractivity contribution in [3.8, 4) is 0 Å². The van der Waals surface area contributed by atoms with Crippen molar-refractivity contribution in [1.29, 1.82) is 0 Å². The molecule has 8 heteroatoms. The number of hydrogen-bond acceptors (Lipinski definition) is 8. The second kappa shape index (κ2) is 14.7. The quantitative estimate of drug-likeness (QED) is 0.176. The molecule has 0 aliphatic carbocycles. The summed E-state index contributed by atoms with van der Waals surface area (Å²) in [6.07, 6.45) is 10.9. The van der Waals surface area contributed by atoms with Gasteiger partial charge >= 0.3 is 0 Å². The average Bonchev–Trinajstić information content (AvgIpc) is 3.87. The number of aromatic nitrogens is 6. The molecule has 0 unspecified atom stereocenters. The summed E-state index contributed by atoms with van der Waals surface area (Å²) in [6, 6.07) is 28.5. The first-order valence-electron chi connectivity index (χ1n) is 17.2. The van der Waals surface area contributed by atoms with Gasteiger partial charge in [-0.25, -0.2) is 29.9 Å². The maximum absolute atomic E-state index is 4.84. The maximum atomic E-state index is 4.84. The summed E-state index contributed by atoms with van der Waals surface area (Å²) in [6.45, 7) is 8.51. The minimum atomic E-state index is 0.875. The van der Waals surface area contributed by atoms with Crippen LogP contribution in [0.1, 0.15) is 59.8 Å². The van der Waals surface area contributed by atoms with Crippen molar-refractivity contribution in [3.63, 3.8) is 0 Å². The number of benzene rings is 2. The normalized spacial score (nSPS) is 14.6. The largest absolute Gasteiger partial charge is 0.357 e. The molecule has 2 saturated heterocycles. The van der Waals surface area contributed by atoms with Crippen LogP contribution in [0.2, 0.25) is 0 Å². The highest BCUT2D eigenvalue weighted by Crippen LogP contribution is 2.21. The number of para-hydroxylation sites is 4. The van der Waals surface area contributed by atoms with Crippen LogP contribution in [-0.2, 0) is 12.8 Å². The Hall–Kier alpha value is -5.24. The topological polar surface area (TPSA) is 83.8 Å². The van der Waals surface area contributed by atoms with Crippen LogP contribution in [0.15, 0.2) is 84.9 Å². The van der Waals surface area contributed by atoms with Gasteiger partial charge in [-0.1, -0.05) is 36.4 Å². The summed E-state index contributed by atoms with van der Waals surface area (Å²) in [4.78, 5) is 33.1. The second-order valence-electron chi connectivity index (χ2n) is 12.6. The Morgan fingerprint density at radius 1 is 0.500 bits per heavy atom. The zero-order valence-corrected chi connectivity index (χ0v) is 27.9. The van der Waals surface area contributed by atoms with E-state index in [1.54, 1.807) is 0 Å².